The molecule has 1 fully saturated rings. The summed E-state index contributed by atoms with van der Waals surface area (Å²) in [4.78, 5) is 42.0. The van der Waals surface area contributed by atoms with Crippen molar-refractivity contribution in [3.63, 3.8) is 0 Å². The normalized spacial score (nSPS) is 18.8. The number of likely N-dealkylation sites (tertiary alicyclic amines) is 1. The Kier molecular flexibility index (Phi) is 13.4. The maximum absolute atomic E-state index is 14.3. The van der Waals surface area contributed by atoms with Crippen molar-refractivity contribution in [2.75, 3.05) is 19.4 Å². The number of carbonyl (C=O) groups excluding carboxylic acids is 3. The molecule has 1 saturated heterocycles. The Hall–Kier alpha value is -3.26. The van der Waals surface area contributed by atoms with Crippen LogP contribution in [0.25, 0.3) is 11.1 Å². The summed E-state index contributed by atoms with van der Waals surface area (Å²) in [6, 6.07) is 17.1. The van der Waals surface area contributed by atoms with Crippen molar-refractivity contribution < 1.29 is 23.9 Å². The second kappa shape index (κ2) is 16.7. The summed E-state index contributed by atoms with van der Waals surface area (Å²) in [7, 11) is 1.36. The quantitative estimate of drug-likeness (QED) is 0.124. The molecule has 0 aromatic heterocycles. The number of amides is 2. The number of thioether (sulfide) groups is 1. The van der Waals surface area contributed by atoms with Crippen molar-refractivity contribution in [2.24, 2.45) is 0 Å². The smallest absolute Gasteiger partial charge is 0.408 e. The number of carbonyl (C=O) groups is 3. The lowest BCUT2D eigenvalue weighted by Crippen LogP contribution is -2.52. The molecule has 0 radical (unpaired) electrons. The molecule has 2 aromatic carbocycles. The predicted octanol–water partition coefficient (Wildman–Crippen LogP) is 7.89. The van der Waals surface area contributed by atoms with E-state index < -0.39 is 34.5 Å². The SMILES string of the molecule is C=CCCCCCC(NC(=O)OC(C)(C)C)C(=O)N1C[C@](SCCCC)(c2ccc(-c3ccccc3)cc2)C[C@H]1C(=O)OC. The summed E-state index contributed by atoms with van der Waals surface area (Å²) in [6.07, 6.45) is 7.70. The lowest BCUT2D eigenvalue weighted by Gasteiger charge is -2.31. The number of hydrogen-bond donors (Lipinski definition) is 1. The standard InChI is InChI=1S/C36H50N2O5S/c1-7-9-11-12-16-19-30(37-34(41)43-35(3,4)5)32(39)38-26-36(44-24-10-8-2,25-31(38)33(40)42-6)29-22-20-28(21-23-29)27-17-14-13-15-18-27/h7,13-15,17-18,20-23,30-31H,1,8-12,16,19,24-26H2,2-6H3,(H,37,41)/t30?,31-,36-/m0/s1. The minimum Gasteiger partial charge on any atom is -0.467 e. The van der Waals surface area contributed by atoms with Crippen LogP contribution in [-0.2, 0) is 23.8 Å². The van der Waals surface area contributed by atoms with Crippen LogP contribution in [0.2, 0.25) is 0 Å². The van der Waals surface area contributed by atoms with Crippen molar-refractivity contribution in [1.82, 2.24) is 10.2 Å². The average molecular weight is 623 g/mol. The first kappa shape index (κ1) is 35.2. The lowest BCUT2D eigenvalue weighted by molar-refractivity contribution is -0.151. The van der Waals surface area contributed by atoms with Gasteiger partial charge >= 0.3 is 12.1 Å². The zero-order chi connectivity index (χ0) is 32.2. The minimum absolute atomic E-state index is 0.283. The number of hydrogen-bond acceptors (Lipinski definition) is 6. The summed E-state index contributed by atoms with van der Waals surface area (Å²) in [5.74, 6) is 0.170. The Morgan fingerprint density at radius 1 is 1.05 bits per heavy atom. The van der Waals surface area contributed by atoms with Gasteiger partial charge in [-0.15, -0.1) is 18.3 Å². The molecule has 2 aromatic rings. The van der Waals surface area contributed by atoms with Crippen LogP contribution in [0.3, 0.4) is 0 Å². The second-order valence-electron chi connectivity index (χ2n) is 12.5. The molecule has 1 aliphatic heterocycles. The fourth-order valence-corrected chi connectivity index (χ4v) is 7.21. The molecule has 1 aliphatic rings. The number of nitrogens with zero attached hydrogens (tertiary/aromatic N) is 1. The van der Waals surface area contributed by atoms with E-state index >= 15 is 0 Å². The number of unbranched alkanes of at least 4 members (excludes halogenated alkanes) is 4. The fraction of sp³-hybridized carbons (Fsp3) is 0.528. The van der Waals surface area contributed by atoms with E-state index in [4.69, 9.17) is 9.47 Å². The zero-order valence-electron chi connectivity index (χ0n) is 27.1. The summed E-state index contributed by atoms with van der Waals surface area (Å²) >= 11 is 1.80. The van der Waals surface area contributed by atoms with Gasteiger partial charge in [0, 0.05) is 6.54 Å². The Balaban J connectivity index is 1.95. The zero-order valence-corrected chi connectivity index (χ0v) is 27.9. The van der Waals surface area contributed by atoms with Gasteiger partial charge in [-0.3, -0.25) is 4.79 Å². The molecule has 0 bridgehead atoms. The number of alkyl carbamates (subject to hydrolysis) is 1. The molecule has 1 unspecified atom stereocenters. The van der Waals surface area contributed by atoms with Crippen LogP contribution >= 0.6 is 11.8 Å². The van der Waals surface area contributed by atoms with Gasteiger partial charge in [0.1, 0.15) is 17.7 Å². The predicted molar refractivity (Wildman–Crippen MR) is 179 cm³/mol. The first-order valence-electron chi connectivity index (χ1n) is 15.8. The highest BCUT2D eigenvalue weighted by Gasteiger charge is 2.51. The number of methoxy groups -OCH3 is 1. The molecule has 7 nitrogen and oxygen atoms in total. The van der Waals surface area contributed by atoms with Gasteiger partial charge in [-0.2, -0.15) is 0 Å². The van der Waals surface area contributed by atoms with E-state index in [1.807, 2.05) is 24.3 Å². The van der Waals surface area contributed by atoms with Gasteiger partial charge < -0.3 is 19.7 Å². The highest BCUT2D eigenvalue weighted by atomic mass is 32.2. The molecule has 0 aliphatic carbocycles. The first-order chi connectivity index (χ1) is 21.0. The summed E-state index contributed by atoms with van der Waals surface area (Å²) in [5.41, 5.74) is 2.60. The maximum atomic E-state index is 14.3. The number of allylic oxidation sites excluding steroid dienone is 1. The van der Waals surface area contributed by atoms with E-state index in [-0.39, 0.29) is 5.91 Å². The molecule has 240 valence electrons. The first-order valence-corrected chi connectivity index (χ1v) is 16.8. The van der Waals surface area contributed by atoms with E-state index in [1.54, 1.807) is 37.4 Å². The topological polar surface area (TPSA) is 84.9 Å². The molecule has 3 atom stereocenters. The molecule has 8 heteroatoms. The summed E-state index contributed by atoms with van der Waals surface area (Å²) in [6.45, 7) is 11.7. The van der Waals surface area contributed by atoms with Crippen molar-refractivity contribution in [1.29, 1.82) is 0 Å². The molecule has 1 N–H and O–H groups in total. The molecule has 3 rings (SSSR count). The number of rotatable bonds is 15. The van der Waals surface area contributed by atoms with Gasteiger partial charge in [-0.1, -0.05) is 86.9 Å². The van der Waals surface area contributed by atoms with E-state index in [9.17, 15) is 14.4 Å². The van der Waals surface area contributed by atoms with Crippen molar-refractivity contribution in [2.45, 2.75) is 101 Å². The van der Waals surface area contributed by atoms with Crippen molar-refractivity contribution in [3.05, 3.63) is 72.8 Å². The van der Waals surface area contributed by atoms with Crippen LogP contribution < -0.4 is 5.32 Å². The van der Waals surface area contributed by atoms with Crippen LogP contribution in [0.5, 0.6) is 0 Å². The van der Waals surface area contributed by atoms with Gasteiger partial charge in [0.2, 0.25) is 5.91 Å². The average Bonchev–Trinajstić information content (AvgIpc) is 3.40. The molecular formula is C36H50N2O5S. The van der Waals surface area contributed by atoms with Gasteiger partial charge in [-0.05, 0) is 75.3 Å². The third-order valence-corrected chi connectivity index (χ3v) is 9.44. The molecule has 2 amide bonds. The molecule has 44 heavy (non-hydrogen) atoms. The third-order valence-electron chi connectivity index (χ3n) is 7.87. The number of benzene rings is 2. The Bertz CT molecular complexity index is 1230. The van der Waals surface area contributed by atoms with Crippen molar-refractivity contribution >= 4 is 29.7 Å². The van der Waals surface area contributed by atoms with Gasteiger partial charge in [0.25, 0.3) is 0 Å². The third kappa shape index (κ3) is 9.88. The maximum Gasteiger partial charge on any atom is 0.408 e. The number of ether oxygens (including phenoxy) is 2. The highest BCUT2D eigenvalue weighted by molar-refractivity contribution is 8.00. The van der Waals surface area contributed by atoms with Gasteiger partial charge in [0.15, 0.2) is 0 Å². The minimum atomic E-state index is -0.822. The summed E-state index contributed by atoms with van der Waals surface area (Å²) in [5, 5.41) is 2.83. The molecule has 0 saturated carbocycles. The Labute approximate surface area is 268 Å². The summed E-state index contributed by atoms with van der Waals surface area (Å²) < 4.78 is 10.2. The van der Waals surface area contributed by atoms with Gasteiger partial charge in [0.05, 0.1) is 11.9 Å². The Morgan fingerprint density at radius 3 is 2.34 bits per heavy atom. The van der Waals surface area contributed by atoms with Crippen LogP contribution in [0, 0.1) is 0 Å². The highest BCUT2D eigenvalue weighted by Crippen LogP contribution is 2.48. The van der Waals surface area contributed by atoms with Crippen LogP contribution in [-0.4, -0.2) is 60.0 Å². The largest absolute Gasteiger partial charge is 0.467 e. The van der Waals surface area contributed by atoms with E-state index in [2.05, 4.69) is 55.2 Å². The lowest BCUT2D eigenvalue weighted by atomic mass is 9.93. The Morgan fingerprint density at radius 2 is 1.73 bits per heavy atom. The molecule has 1 heterocycles. The van der Waals surface area contributed by atoms with Gasteiger partial charge in [-0.25, -0.2) is 9.59 Å². The second-order valence-corrected chi connectivity index (χ2v) is 14.0. The molecule has 0 spiro atoms. The fourth-order valence-electron chi connectivity index (χ4n) is 5.58. The monoisotopic (exact) mass is 622 g/mol. The van der Waals surface area contributed by atoms with E-state index in [0.29, 0.717) is 19.4 Å². The number of esters is 1. The van der Waals surface area contributed by atoms with Crippen LogP contribution in [0.1, 0.15) is 84.6 Å². The van der Waals surface area contributed by atoms with Crippen LogP contribution in [0.4, 0.5) is 4.79 Å². The van der Waals surface area contributed by atoms with E-state index in [0.717, 1.165) is 61.0 Å². The molecular weight excluding hydrogens is 572 g/mol. The van der Waals surface area contributed by atoms with Crippen molar-refractivity contribution in [3.8, 4) is 11.1 Å². The van der Waals surface area contributed by atoms with Crippen LogP contribution in [0.15, 0.2) is 67.3 Å². The number of nitrogens with one attached hydrogen (secondary N) is 1. The van der Waals surface area contributed by atoms with E-state index in [1.165, 1.54) is 7.11 Å².